The van der Waals surface area contributed by atoms with Crippen molar-refractivity contribution >= 4 is 17.5 Å². The fourth-order valence-electron chi connectivity index (χ4n) is 1.23. The van der Waals surface area contributed by atoms with E-state index in [9.17, 15) is 19.1 Å². The highest BCUT2D eigenvalue weighted by molar-refractivity contribution is 6.39. The normalized spacial score (nSPS) is 13.5. The van der Waals surface area contributed by atoms with Crippen LogP contribution in [0.3, 0.4) is 0 Å². The first-order valence-corrected chi connectivity index (χ1v) is 5.91. The van der Waals surface area contributed by atoms with E-state index in [-0.39, 0.29) is 12.2 Å². The predicted octanol–water partition coefficient (Wildman–Crippen LogP) is 1.04. The Hall–Kier alpha value is -1.95. The van der Waals surface area contributed by atoms with Crippen molar-refractivity contribution in [1.82, 2.24) is 5.32 Å². The molecular weight excluding hydrogens is 251 g/mol. The van der Waals surface area contributed by atoms with Crippen molar-refractivity contribution in [3.8, 4) is 0 Å². The van der Waals surface area contributed by atoms with E-state index in [1.807, 2.05) is 0 Å². The van der Waals surface area contributed by atoms with Crippen molar-refractivity contribution in [2.45, 2.75) is 25.9 Å². The van der Waals surface area contributed by atoms with E-state index in [2.05, 4.69) is 10.6 Å². The molecular formula is C13H17FN2O3. The fraction of sp³-hybridized carbons (Fsp3) is 0.385. The molecule has 0 aliphatic rings. The average Bonchev–Trinajstić information content (AvgIpc) is 2.36. The van der Waals surface area contributed by atoms with Crippen molar-refractivity contribution in [2.75, 3.05) is 11.9 Å². The average molecular weight is 268 g/mol. The van der Waals surface area contributed by atoms with Gasteiger partial charge in [0, 0.05) is 12.2 Å². The van der Waals surface area contributed by atoms with Crippen LogP contribution in [0.2, 0.25) is 0 Å². The molecule has 1 aromatic carbocycles. The molecule has 2 amide bonds. The monoisotopic (exact) mass is 268 g/mol. The van der Waals surface area contributed by atoms with Gasteiger partial charge in [-0.3, -0.25) is 9.59 Å². The fourth-order valence-corrected chi connectivity index (χ4v) is 1.23. The van der Waals surface area contributed by atoms with Crippen LogP contribution in [0.5, 0.6) is 0 Å². The minimum atomic E-state index is -1.06. The second-order valence-corrected chi connectivity index (χ2v) is 4.50. The first-order valence-electron chi connectivity index (χ1n) is 5.91. The van der Waals surface area contributed by atoms with Gasteiger partial charge in [0.2, 0.25) is 0 Å². The summed E-state index contributed by atoms with van der Waals surface area (Å²) in [4.78, 5) is 23.0. The molecule has 19 heavy (non-hydrogen) atoms. The first-order chi connectivity index (χ1) is 8.84. The Bertz CT molecular complexity index is 475. The molecule has 104 valence electrons. The van der Waals surface area contributed by atoms with Gasteiger partial charge in [-0.2, -0.15) is 0 Å². The molecule has 0 radical (unpaired) electrons. The molecule has 1 rings (SSSR count). The van der Waals surface area contributed by atoms with Gasteiger partial charge in [0.1, 0.15) is 5.82 Å². The van der Waals surface area contributed by atoms with Crippen LogP contribution in [0, 0.1) is 5.82 Å². The smallest absolute Gasteiger partial charge is 0.313 e. The second kappa shape index (κ2) is 6.29. The van der Waals surface area contributed by atoms with E-state index in [1.54, 1.807) is 13.8 Å². The van der Waals surface area contributed by atoms with E-state index in [4.69, 9.17) is 0 Å². The number of benzene rings is 1. The van der Waals surface area contributed by atoms with Gasteiger partial charge in [-0.25, -0.2) is 4.39 Å². The Morgan fingerprint density at radius 2 is 2.05 bits per heavy atom. The maximum Gasteiger partial charge on any atom is 0.313 e. The van der Waals surface area contributed by atoms with Crippen LogP contribution in [0.1, 0.15) is 20.3 Å². The van der Waals surface area contributed by atoms with Crippen LogP contribution < -0.4 is 10.6 Å². The SMILES string of the molecule is CCC(C)(O)CNC(=O)C(=O)Nc1cccc(F)c1. The second-order valence-electron chi connectivity index (χ2n) is 4.50. The lowest BCUT2D eigenvalue weighted by molar-refractivity contribution is -0.136. The molecule has 1 aromatic rings. The molecule has 0 aromatic heterocycles. The van der Waals surface area contributed by atoms with Crippen LogP contribution >= 0.6 is 0 Å². The van der Waals surface area contributed by atoms with Crippen molar-refractivity contribution in [1.29, 1.82) is 0 Å². The zero-order chi connectivity index (χ0) is 14.5. The Morgan fingerprint density at radius 1 is 1.37 bits per heavy atom. The number of nitrogens with one attached hydrogen (secondary N) is 2. The molecule has 1 atom stereocenters. The van der Waals surface area contributed by atoms with Gasteiger partial charge in [-0.05, 0) is 31.5 Å². The number of carbonyl (C=O) groups is 2. The summed E-state index contributed by atoms with van der Waals surface area (Å²) in [6.45, 7) is 3.29. The van der Waals surface area contributed by atoms with Crippen molar-refractivity contribution in [3.63, 3.8) is 0 Å². The largest absolute Gasteiger partial charge is 0.388 e. The summed E-state index contributed by atoms with van der Waals surface area (Å²) < 4.78 is 12.9. The van der Waals surface area contributed by atoms with Gasteiger partial charge in [0.15, 0.2) is 0 Å². The van der Waals surface area contributed by atoms with E-state index >= 15 is 0 Å². The minimum absolute atomic E-state index is 0.0289. The number of carbonyl (C=O) groups excluding carboxylic acids is 2. The zero-order valence-corrected chi connectivity index (χ0v) is 10.9. The van der Waals surface area contributed by atoms with Crippen molar-refractivity contribution < 1.29 is 19.1 Å². The number of halogens is 1. The minimum Gasteiger partial charge on any atom is -0.388 e. The van der Waals surface area contributed by atoms with Gasteiger partial charge < -0.3 is 15.7 Å². The molecule has 6 heteroatoms. The highest BCUT2D eigenvalue weighted by Gasteiger charge is 2.21. The van der Waals surface area contributed by atoms with Crippen LogP contribution in [-0.2, 0) is 9.59 Å². The number of rotatable bonds is 4. The summed E-state index contributed by atoms with van der Waals surface area (Å²) in [5.41, 5.74) is -0.864. The summed E-state index contributed by atoms with van der Waals surface area (Å²) in [5.74, 6) is -2.29. The molecule has 0 bridgehead atoms. The molecule has 1 unspecified atom stereocenters. The predicted molar refractivity (Wildman–Crippen MR) is 69.0 cm³/mol. The third kappa shape index (κ3) is 5.05. The van der Waals surface area contributed by atoms with Crippen molar-refractivity contribution in [2.24, 2.45) is 0 Å². The highest BCUT2D eigenvalue weighted by Crippen LogP contribution is 2.09. The van der Waals surface area contributed by atoms with Gasteiger partial charge in [0.25, 0.3) is 0 Å². The van der Waals surface area contributed by atoms with Crippen LogP contribution in [0.15, 0.2) is 24.3 Å². The Labute approximate surface area is 110 Å². The highest BCUT2D eigenvalue weighted by atomic mass is 19.1. The number of hydrogen-bond acceptors (Lipinski definition) is 3. The van der Waals surface area contributed by atoms with E-state index in [1.165, 1.54) is 18.2 Å². The van der Waals surface area contributed by atoms with Crippen LogP contribution in [0.4, 0.5) is 10.1 Å². The summed E-state index contributed by atoms with van der Waals surface area (Å²) in [7, 11) is 0. The Balaban J connectivity index is 2.52. The molecule has 0 aliphatic heterocycles. The summed E-state index contributed by atoms with van der Waals surface area (Å²) in [5, 5.41) is 14.3. The Morgan fingerprint density at radius 3 is 2.63 bits per heavy atom. The molecule has 5 nitrogen and oxygen atoms in total. The number of aliphatic hydroxyl groups is 1. The maximum absolute atomic E-state index is 12.9. The lowest BCUT2D eigenvalue weighted by Crippen LogP contribution is -2.44. The molecule has 0 heterocycles. The number of anilines is 1. The molecule has 3 N–H and O–H groups in total. The third-order valence-corrected chi connectivity index (χ3v) is 2.68. The summed E-state index contributed by atoms with van der Waals surface area (Å²) in [6, 6.07) is 5.22. The number of hydrogen-bond donors (Lipinski definition) is 3. The molecule has 0 aliphatic carbocycles. The topological polar surface area (TPSA) is 78.4 Å². The van der Waals surface area contributed by atoms with Gasteiger partial charge >= 0.3 is 11.8 Å². The van der Waals surface area contributed by atoms with Gasteiger partial charge in [-0.15, -0.1) is 0 Å². The third-order valence-electron chi connectivity index (χ3n) is 2.68. The lowest BCUT2D eigenvalue weighted by atomic mass is 10.0. The van der Waals surface area contributed by atoms with Gasteiger partial charge in [-0.1, -0.05) is 13.0 Å². The molecule has 0 saturated carbocycles. The lowest BCUT2D eigenvalue weighted by Gasteiger charge is -2.21. The molecule has 0 fully saturated rings. The maximum atomic E-state index is 12.9. The quantitative estimate of drug-likeness (QED) is 0.714. The van der Waals surface area contributed by atoms with Crippen LogP contribution in [0.25, 0.3) is 0 Å². The zero-order valence-electron chi connectivity index (χ0n) is 10.9. The van der Waals surface area contributed by atoms with E-state index < -0.39 is 23.2 Å². The Kier molecular flexibility index (Phi) is 5.00. The molecule has 0 spiro atoms. The van der Waals surface area contributed by atoms with Gasteiger partial charge in [0.05, 0.1) is 5.60 Å². The van der Waals surface area contributed by atoms with E-state index in [0.29, 0.717) is 6.42 Å². The van der Waals surface area contributed by atoms with E-state index in [0.717, 1.165) is 6.07 Å². The van der Waals surface area contributed by atoms with Crippen molar-refractivity contribution in [3.05, 3.63) is 30.1 Å². The first kappa shape index (κ1) is 15.1. The molecule has 0 saturated heterocycles. The summed E-state index contributed by atoms with van der Waals surface area (Å²) in [6.07, 6.45) is 0.443. The summed E-state index contributed by atoms with van der Waals surface area (Å²) >= 11 is 0. The number of amides is 2. The standard InChI is InChI=1S/C13H17FN2O3/c1-3-13(2,19)8-15-11(17)12(18)16-10-6-4-5-9(14)7-10/h4-7,19H,3,8H2,1-2H3,(H,15,17)(H,16,18). The van der Waals surface area contributed by atoms with Crippen LogP contribution in [-0.4, -0.2) is 29.1 Å².